The molecule has 2 heteroatoms. The maximum Gasteiger partial charge on any atom is 0.0270 e. The lowest BCUT2D eigenvalue weighted by Gasteiger charge is -2.31. The number of aryl methyl sites for hydroxylation is 1. The molecule has 1 aliphatic heterocycles. The summed E-state index contributed by atoms with van der Waals surface area (Å²) in [6.07, 6.45) is 10.4. The summed E-state index contributed by atoms with van der Waals surface area (Å²) in [5.41, 5.74) is 1.42. The minimum Gasteiger partial charge on any atom is -0.303 e. The minimum atomic E-state index is 0.992. The maximum absolute atomic E-state index is 4.05. The average Bonchev–Trinajstić information content (AvgIpc) is 2.41. The van der Waals surface area contributed by atoms with Gasteiger partial charge < -0.3 is 4.90 Å². The van der Waals surface area contributed by atoms with E-state index in [1.54, 1.807) is 0 Å². The van der Waals surface area contributed by atoms with Crippen molar-refractivity contribution in [3.05, 3.63) is 30.1 Å². The molecule has 0 aromatic carbocycles. The normalized spacial score (nSPS) is 18.4. The smallest absolute Gasteiger partial charge is 0.0270 e. The van der Waals surface area contributed by atoms with E-state index in [1.807, 2.05) is 12.4 Å². The zero-order chi connectivity index (χ0) is 11.9. The van der Waals surface area contributed by atoms with Gasteiger partial charge in [-0.3, -0.25) is 4.98 Å². The standard InChI is InChI=1S/C15H24N2/c1-2-14-7-12-17(13-8-14)11-3-4-15-5-9-16-10-6-15/h5-6,9-10,14H,2-4,7-8,11-13H2,1H3. The minimum absolute atomic E-state index is 0.992. The van der Waals surface area contributed by atoms with Crippen molar-refractivity contribution >= 4 is 0 Å². The molecule has 2 nitrogen and oxygen atoms in total. The van der Waals surface area contributed by atoms with Crippen molar-refractivity contribution in [2.45, 2.75) is 39.0 Å². The number of piperidine rings is 1. The molecule has 1 aromatic heterocycles. The predicted molar refractivity (Wildman–Crippen MR) is 72.0 cm³/mol. The van der Waals surface area contributed by atoms with Gasteiger partial charge in [0.25, 0.3) is 0 Å². The zero-order valence-electron chi connectivity index (χ0n) is 10.9. The van der Waals surface area contributed by atoms with Crippen LogP contribution < -0.4 is 0 Å². The topological polar surface area (TPSA) is 16.1 Å². The third-order valence-electron chi connectivity index (χ3n) is 3.97. The summed E-state index contributed by atoms with van der Waals surface area (Å²) in [6.45, 7) is 6.21. The molecule has 1 saturated heterocycles. The van der Waals surface area contributed by atoms with Crippen molar-refractivity contribution in [3.63, 3.8) is 0 Å². The van der Waals surface area contributed by atoms with Gasteiger partial charge in [-0.2, -0.15) is 0 Å². The SMILES string of the molecule is CCC1CCN(CCCc2ccncc2)CC1. The second kappa shape index (κ2) is 6.75. The van der Waals surface area contributed by atoms with E-state index in [1.165, 1.54) is 57.3 Å². The van der Waals surface area contributed by atoms with Crippen LogP contribution in [0.3, 0.4) is 0 Å². The van der Waals surface area contributed by atoms with Gasteiger partial charge in [-0.05, 0) is 68.9 Å². The Morgan fingerprint density at radius 1 is 1.24 bits per heavy atom. The van der Waals surface area contributed by atoms with E-state index in [0.29, 0.717) is 0 Å². The molecule has 1 aromatic rings. The summed E-state index contributed by atoms with van der Waals surface area (Å²) < 4.78 is 0. The van der Waals surface area contributed by atoms with Gasteiger partial charge in [-0.25, -0.2) is 0 Å². The van der Waals surface area contributed by atoms with Gasteiger partial charge in [0.2, 0.25) is 0 Å². The van der Waals surface area contributed by atoms with Crippen LogP contribution in [0.4, 0.5) is 0 Å². The molecule has 17 heavy (non-hydrogen) atoms. The molecule has 1 aliphatic rings. The number of nitrogens with zero attached hydrogens (tertiary/aromatic N) is 2. The summed E-state index contributed by atoms with van der Waals surface area (Å²) in [5, 5.41) is 0. The largest absolute Gasteiger partial charge is 0.303 e. The number of rotatable bonds is 5. The summed E-state index contributed by atoms with van der Waals surface area (Å²) in [7, 11) is 0. The molecule has 0 saturated carbocycles. The van der Waals surface area contributed by atoms with Crippen LogP contribution in [0.1, 0.15) is 38.2 Å². The van der Waals surface area contributed by atoms with Crippen LogP contribution >= 0.6 is 0 Å². The number of hydrogen-bond acceptors (Lipinski definition) is 2. The van der Waals surface area contributed by atoms with Crippen LogP contribution in [0, 0.1) is 5.92 Å². The molecule has 0 unspecified atom stereocenters. The van der Waals surface area contributed by atoms with Gasteiger partial charge in [0.15, 0.2) is 0 Å². The Labute approximate surface area is 105 Å². The molecular weight excluding hydrogens is 208 g/mol. The Balaban J connectivity index is 1.63. The first-order valence-electron chi connectivity index (χ1n) is 6.99. The molecule has 2 rings (SSSR count). The van der Waals surface area contributed by atoms with E-state index >= 15 is 0 Å². The Hall–Kier alpha value is -0.890. The van der Waals surface area contributed by atoms with E-state index in [2.05, 4.69) is 28.9 Å². The first kappa shape index (κ1) is 12.6. The molecule has 94 valence electrons. The monoisotopic (exact) mass is 232 g/mol. The Kier molecular flexibility index (Phi) is 4.99. The predicted octanol–water partition coefficient (Wildman–Crippen LogP) is 3.14. The lowest BCUT2D eigenvalue weighted by Crippen LogP contribution is -2.34. The van der Waals surface area contributed by atoms with Gasteiger partial charge in [-0.15, -0.1) is 0 Å². The van der Waals surface area contributed by atoms with Crippen molar-refractivity contribution < 1.29 is 0 Å². The van der Waals surface area contributed by atoms with Gasteiger partial charge in [0, 0.05) is 12.4 Å². The van der Waals surface area contributed by atoms with E-state index in [4.69, 9.17) is 0 Å². The third kappa shape index (κ3) is 4.12. The highest BCUT2D eigenvalue weighted by molar-refractivity contribution is 5.09. The van der Waals surface area contributed by atoms with E-state index in [9.17, 15) is 0 Å². The third-order valence-corrected chi connectivity index (χ3v) is 3.97. The van der Waals surface area contributed by atoms with Crippen molar-refractivity contribution in [1.82, 2.24) is 9.88 Å². The number of hydrogen-bond donors (Lipinski definition) is 0. The molecule has 0 radical (unpaired) electrons. The summed E-state index contributed by atoms with van der Waals surface area (Å²) in [4.78, 5) is 6.68. The highest BCUT2D eigenvalue weighted by atomic mass is 15.1. The summed E-state index contributed by atoms with van der Waals surface area (Å²) >= 11 is 0. The molecular formula is C15H24N2. The van der Waals surface area contributed by atoms with Crippen molar-refractivity contribution in [2.75, 3.05) is 19.6 Å². The molecule has 2 heterocycles. The molecule has 1 fully saturated rings. The fourth-order valence-corrected chi connectivity index (χ4v) is 2.67. The summed E-state index contributed by atoms with van der Waals surface area (Å²) in [6, 6.07) is 4.26. The van der Waals surface area contributed by atoms with Crippen molar-refractivity contribution in [1.29, 1.82) is 0 Å². The second-order valence-electron chi connectivity index (χ2n) is 5.15. The lowest BCUT2D eigenvalue weighted by molar-refractivity contribution is 0.180. The van der Waals surface area contributed by atoms with Crippen LogP contribution in [0.15, 0.2) is 24.5 Å². The van der Waals surface area contributed by atoms with Crippen LogP contribution in [-0.2, 0) is 6.42 Å². The fraction of sp³-hybridized carbons (Fsp3) is 0.667. The van der Waals surface area contributed by atoms with Crippen LogP contribution in [0.25, 0.3) is 0 Å². The van der Waals surface area contributed by atoms with E-state index in [0.717, 1.165) is 5.92 Å². The highest BCUT2D eigenvalue weighted by Crippen LogP contribution is 2.20. The second-order valence-corrected chi connectivity index (χ2v) is 5.15. The molecule has 0 atom stereocenters. The quantitative estimate of drug-likeness (QED) is 0.775. The Morgan fingerprint density at radius 3 is 2.59 bits per heavy atom. The van der Waals surface area contributed by atoms with Crippen molar-refractivity contribution in [3.8, 4) is 0 Å². The highest BCUT2D eigenvalue weighted by Gasteiger charge is 2.16. The van der Waals surface area contributed by atoms with Crippen LogP contribution in [-0.4, -0.2) is 29.5 Å². The maximum atomic E-state index is 4.05. The lowest BCUT2D eigenvalue weighted by atomic mass is 9.94. The zero-order valence-corrected chi connectivity index (χ0v) is 10.9. The molecule has 0 spiro atoms. The average molecular weight is 232 g/mol. The summed E-state index contributed by atoms with van der Waals surface area (Å²) in [5.74, 6) is 0.992. The van der Waals surface area contributed by atoms with Crippen LogP contribution in [0.2, 0.25) is 0 Å². The first-order chi connectivity index (χ1) is 8.38. The Bertz CT molecular complexity index is 302. The fourth-order valence-electron chi connectivity index (χ4n) is 2.67. The first-order valence-corrected chi connectivity index (χ1v) is 6.99. The van der Waals surface area contributed by atoms with Gasteiger partial charge in [0.1, 0.15) is 0 Å². The number of aromatic nitrogens is 1. The molecule has 0 bridgehead atoms. The van der Waals surface area contributed by atoms with Crippen LogP contribution in [0.5, 0.6) is 0 Å². The van der Waals surface area contributed by atoms with E-state index < -0.39 is 0 Å². The number of likely N-dealkylation sites (tertiary alicyclic amines) is 1. The molecule has 0 aliphatic carbocycles. The molecule has 0 amide bonds. The van der Waals surface area contributed by atoms with E-state index in [-0.39, 0.29) is 0 Å². The van der Waals surface area contributed by atoms with Gasteiger partial charge in [-0.1, -0.05) is 13.3 Å². The number of pyridine rings is 1. The van der Waals surface area contributed by atoms with Gasteiger partial charge >= 0.3 is 0 Å². The Morgan fingerprint density at radius 2 is 1.94 bits per heavy atom. The van der Waals surface area contributed by atoms with Crippen molar-refractivity contribution in [2.24, 2.45) is 5.92 Å². The molecule has 0 N–H and O–H groups in total. The van der Waals surface area contributed by atoms with Gasteiger partial charge in [0.05, 0.1) is 0 Å².